The van der Waals surface area contributed by atoms with Crippen LogP contribution in [0.4, 0.5) is 8.78 Å². The molecule has 0 radical (unpaired) electrons. The van der Waals surface area contributed by atoms with Crippen molar-refractivity contribution in [1.29, 1.82) is 0 Å². The van der Waals surface area contributed by atoms with Gasteiger partial charge in [-0.25, -0.2) is 0 Å². The minimum absolute atomic E-state index is 0.391. The third-order valence-electron chi connectivity index (χ3n) is 2.92. The quantitative estimate of drug-likeness (QED) is 0.783. The van der Waals surface area contributed by atoms with Gasteiger partial charge in [-0.15, -0.1) is 0 Å². The van der Waals surface area contributed by atoms with Crippen LogP contribution >= 0.6 is 7.60 Å². The molecule has 0 saturated heterocycles. The fraction of sp³-hybridized carbons (Fsp3) is 0.231. The van der Waals surface area contributed by atoms with E-state index in [9.17, 15) is 13.3 Å². The lowest BCUT2D eigenvalue weighted by Gasteiger charge is -2.24. The van der Waals surface area contributed by atoms with Crippen LogP contribution in [-0.4, -0.2) is 14.2 Å². The number of hydrogen-bond donors (Lipinski definition) is 0. The molecule has 0 fully saturated rings. The summed E-state index contributed by atoms with van der Waals surface area (Å²) >= 11 is 0. The lowest BCUT2D eigenvalue weighted by atomic mass is 10.1. The molecule has 0 aliphatic carbocycles. The highest BCUT2D eigenvalue weighted by molar-refractivity contribution is 7.54. The van der Waals surface area contributed by atoms with Gasteiger partial charge in [0.05, 0.1) is 0 Å². The Hall–Kier alpha value is -1.29. The first-order valence-electron chi connectivity index (χ1n) is 5.53. The molecule has 0 atom stereocenters. The molecule has 0 heterocycles. The Bertz CT molecular complexity index is 635. The van der Waals surface area contributed by atoms with Crippen molar-refractivity contribution in [2.45, 2.75) is 5.66 Å². The van der Waals surface area contributed by atoms with Crippen LogP contribution in [0.1, 0.15) is 5.56 Å². The van der Waals surface area contributed by atoms with Crippen LogP contribution in [0.3, 0.4) is 0 Å². The maximum atomic E-state index is 14.2. The standard InChI is InChI=1S/C13H13F2O3P/c1-17-19(16,18-2)13(14,15)12-8-7-10-5-3-4-6-11(10)9-12/h3-9H,1-2H3. The molecule has 2 rings (SSSR count). The smallest absolute Gasteiger partial charge is 0.308 e. The van der Waals surface area contributed by atoms with Gasteiger partial charge in [-0.1, -0.05) is 36.4 Å². The summed E-state index contributed by atoms with van der Waals surface area (Å²) in [6.07, 6.45) is 0. The van der Waals surface area contributed by atoms with Gasteiger partial charge in [0, 0.05) is 19.8 Å². The van der Waals surface area contributed by atoms with Crippen molar-refractivity contribution < 1.29 is 22.4 Å². The Balaban J connectivity index is 2.57. The topological polar surface area (TPSA) is 35.5 Å². The van der Waals surface area contributed by atoms with E-state index in [4.69, 9.17) is 0 Å². The molecule has 0 bridgehead atoms. The van der Waals surface area contributed by atoms with Crippen molar-refractivity contribution in [1.82, 2.24) is 0 Å². The fourth-order valence-electron chi connectivity index (χ4n) is 1.84. The summed E-state index contributed by atoms with van der Waals surface area (Å²) in [5, 5.41) is 1.46. The Morgan fingerprint density at radius 1 is 1.00 bits per heavy atom. The van der Waals surface area contributed by atoms with Gasteiger partial charge in [0.15, 0.2) is 0 Å². The average Bonchev–Trinajstić information content (AvgIpc) is 2.45. The van der Waals surface area contributed by atoms with Crippen LogP contribution < -0.4 is 0 Å². The molecule has 6 heteroatoms. The number of alkyl halides is 2. The Morgan fingerprint density at radius 3 is 2.16 bits per heavy atom. The van der Waals surface area contributed by atoms with E-state index >= 15 is 0 Å². The molecular weight excluding hydrogens is 273 g/mol. The molecule has 0 N–H and O–H groups in total. The van der Waals surface area contributed by atoms with Crippen molar-refractivity contribution in [3.05, 3.63) is 48.0 Å². The molecule has 0 spiro atoms. The zero-order valence-electron chi connectivity index (χ0n) is 10.5. The highest BCUT2D eigenvalue weighted by atomic mass is 31.2. The van der Waals surface area contributed by atoms with Crippen molar-refractivity contribution in [2.24, 2.45) is 0 Å². The largest absolute Gasteiger partial charge is 0.403 e. The number of rotatable bonds is 4. The summed E-state index contributed by atoms with van der Waals surface area (Å²) in [5.41, 5.74) is -4.08. The summed E-state index contributed by atoms with van der Waals surface area (Å²) in [7, 11) is -2.63. The first-order valence-corrected chi connectivity index (χ1v) is 7.07. The lowest BCUT2D eigenvalue weighted by molar-refractivity contribution is 0.0455. The molecule has 3 nitrogen and oxygen atoms in total. The predicted octanol–water partition coefficient (Wildman–Crippen LogP) is 4.38. The van der Waals surface area contributed by atoms with Gasteiger partial charge in [0.2, 0.25) is 0 Å². The van der Waals surface area contributed by atoms with Crippen molar-refractivity contribution >= 4 is 18.4 Å². The second-order valence-electron chi connectivity index (χ2n) is 3.97. The van der Waals surface area contributed by atoms with Gasteiger partial charge in [0.25, 0.3) is 0 Å². The minimum Gasteiger partial charge on any atom is -0.308 e. The Labute approximate surface area is 109 Å². The summed E-state index contributed by atoms with van der Waals surface area (Å²) in [5.74, 6) is 0. The van der Waals surface area contributed by atoms with Gasteiger partial charge < -0.3 is 9.05 Å². The van der Waals surface area contributed by atoms with Crippen molar-refractivity contribution in [2.75, 3.05) is 14.2 Å². The molecule has 2 aromatic rings. The van der Waals surface area contributed by atoms with Gasteiger partial charge in [-0.05, 0) is 16.8 Å². The van der Waals surface area contributed by atoms with Gasteiger partial charge in [-0.2, -0.15) is 8.78 Å². The van der Waals surface area contributed by atoms with Crippen LogP contribution in [0.25, 0.3) is 10.8 Å². The Morgan fingerprint density at radius 2 is 1.58 bits per heavy atom. The maximum absolute atomic E-state index is 14.2. The fourth-order valence-corrected chi connectivity index (χ4v) is 2.90. The second kappa shape index (κ2) is 5.00. The monoisotopic (exact) mass is 286 g/mol. The summed E-state index contributed by atoms with van der Waals surface area (Å²) in [6.45, 7) is 0. The number of fused-ring (bicyclic) bond motifs is 1. The average molecular weight is 286 g/mol. The minimum atomic E-state index is -4.52. The van der Waals surface area contributed by atoms with Crippen molar-refractivity contribution in [3.8, 4) is 0 Å². The van der Waals surface area contributed by atoms with Gasteiger partial charge >= 0.3 is 13.3 Å². The van der Waals surface area contributed by atoms with E-state index in [0.717, 1.165) is 19.6 Å². The summed E-state index contributed by atoms with van der Waals surface area (Å²) < 4.78 is 49.2. The second-order valence-corrected chi connectivity index (χ2v) is 6.25. The lowest BCUT2D eigenvalue weighted by Crippen LogP contribution is -2.16. The van der Waals surface area contributed by atoms with Crippen LogP contribution in [0.2, 0.25) is 0 Å². The highest BCUT2D eigenvalue weighted by Crippen LogP contribution is 2.65. The van der Waals surface area contributed by atoms with E-state index in [1.54, 1.807) is 18.2 Å². The van der Waals surface area contributed by atoms with Gasteiger partial charge in [0.1, 0.15) is 0 Å². The predicted molar refractivity (Wildman–Crippen MR) is 69.5 cm³/mol. The molecule has 19 heavy (non-hydrogen) atoms. The molecule has 0 unspecified atom stereocenters. The third-order valence-corrected chi connectivity index (χ3v) is 4.83. The normalized spacial score (nSPS) is 12.8. The van der Waals surface area contributed by atoms with E-state index in [-0.39, 0.29) is 0 Å². The van der Waals surface area contributed by atoms with E-state index in [1.165, 1.54) is 12.1 Å². The maximum Gasteiger partial charge on any atom is 0.403 e. The Kier molecular flexibility index (Phi) is 3.72. The summed E-state index contributed by atoms with van der Waals surface area (Å²) in [6, 6.07) is 11.1. The van der Waals surface area contributed by atoms with Gasteiger partial charge in [-0.3, -0.25) is 4.57 Å². The van der Waals surface area contributed by atoms with Crippen molar-refractivity contribution in [3.63, 3.8) is 0 Å². The molecule has 0 saturated carbocycles. The summed E-state index contributed by atoms with van der Waals surface area (Å²) in [4.78, 5) is 0. The molecule has 0 aromatic heterocycles. The van der Waals surface area contributed by atoms with E-state index in [0.29, 0.717) is 5.39 Å². The number of halogens is 2. The number of benzene rings is 2. The molecule has 0 aliphatic heterocycles. The van der Waals surface area contributed by atoms with Crippen LogP contribution in [0.15, 0.2) is 42.5 Å². The number of hydrogen-bond acceptors (Lipinski definition) is 3. The van der Waals surface area contributed by atoms with Crippen LogP contribution in [-0.2, 0) is 19.3 Å². The van der Waals surface area contributed by atoms with E-state index < -0.39 is 18.8 Å². The van der Waals surface area contributed by atoms with Crippen LogP contribution in [0.5, 0.6) is 0 Å². The zero-order chi connectivity index (χ0) is 14.1. The molecule has 102 valence electrons. The van der Waals surface area contributed by atoms with E-state index in [2.05, 4.69) is 9.05 Å². The molecular formula is C13H13F2O3P. The zero-order valence-corrected chi connectivity index (χ0v) is 11.4. The van der Waals surface area contributed by atoms with E-state index in [1.807, 2.05) is 12.1 Å². The molecule has 2 aromatic carbocycles. The first kappa shape index (κ1) is 14.1. The molecule has 0 amide bonds. The first-order chi connectivity index (χ1) is 8.94. The molecule has 0 aliphatic rings. The van der Waals surface area contributed by atoms with Crippen LogP contribution in [0, 0.1) is 0 Å². The third kappa shape index (κ3) is 2.29. The SMILES string of the molecule is COP(=O)(OC)C(F)(F)c1ccc2ccccc2c1. The highest BCUT2D eigenvalue weighted by Gasteiger charge is 2.53.